The van der Waals surface area contributed by atoms with Gasteiger partial charge in [-0.2, -0.15) is 0 Å². The Morgan fingerprint density at radius 1 is 1.21 bits per heavy atom. The number of amidine groups is 1. The zero-order chi connectivity index (χ0) is 10.1. The molecule has 2 aromatic rings. The third kappa shape index (κ3) is 1.33. The predicted molar refractivity (Wildman–Crippen MR) is 54.9 cm³/mol. The molecule has 0 radical (unpaired) electrons. The van der Waals surface area contributed by atoms with Crippen LogP contribution in [0.15, 0.2) is 36.4 Å². The molecule has 0 saturated carbocycles. The van der Waals surface area contributed by atoms with E-state index in [2.05, 4.69) is 0 Å². The number of halogens is 1. The molecule has 3 N–H and O–H groups in total. The highest BCUT2D eigenvalue weighted by Crippen LogP contribution is 2.18. The Bertz CT molecular complexity index is 506. The molecule has 0 aliphatic heterocycles. The minimum Gasteiger partial charge on any atom is -0.384 e. The lowest BCUT2D eigenvalue weighted by Crippen LogP contribution is -2.10. The van der Waals surface area contributed by atoms with Crippen LogP contribution in [0.25, 0.3) is 10.8 Å². The van der Waals surface area contributed by atoms with E-state index >= 15 is 0 Å². The molecule has 0 unspecified atom stereocenters. The molecule has 0 spiro atoms. The first-order valence-corrected chi connectivity index (χ1v) is 4.21. The molecule has 2 nitrogen and oxygen atoms in total. The summed E-state index contributed by atoms with van der Waals surface area (Å²) < 4.78 is 13.2. The smallest absolute Gasteiger partial charge is 0.131 e. The number of rotatable bonds is 1. The van der Waals surface area contributed by atoms with Gasteiger partial charge in [-0.15, -0.1) is 0 Å². The highest BCUT2D eigenvalue weighted by atomic mass is 19.1. The molecular formula is C11H9FN2. The van der Waals surface area contributed by atoms with Crippen molar-refractivity contribution in [3.05, 3.63) is 47.8 Å². The van der Waals surface area contributed by atoms with Crippen molar-refractivity contribution in [2.75, 3.05) is 0 Å². The molecule has 0 amide bonds. The van der Waals surface area contributed by atoms with E-state index in [0.717, 1.165) is 5.39 Å². The van der Waals surface area contributed by atoms with E-state index in [1.165, 1.54) is 6.07 Å². The monoisotopic (exact) mass is 188 g/mol. The van der Waals surface area contributed by atoms with E-state index in [4.69, 9.17) is 11.1 Å². The van der Waals surface area contributed by atoms with Gasteiger partial charge in [0.05, 0.1) is 0 Å². The van der Waals surface area contributed by atoms with Gasteiger partial charge in [0.1, 0.15) is 11.7 Å². The molecule has 0 aliphatic carbocycles. The number of benzene rings is 2. The second-order valence-corrected chi connectivity index (χ2v) is 3.09. The molecule has 70 valence electrons. The van der Waals surface area contributed by atoms with Gasteiger partial charge in [-0.25, -0.2) is 4.39 Å². The van der Waals surface area contributed by atoms with Crippen LogP contribution in [0, 0.1) is 11.2 Å². The highest BCUT2D eigenvalue weighted by Gasteiger charge is 2.01. The van der Waals surface area contributed by atoms with Gasteiger partial charge in [-0.1, -0.05) is 24.3 Å². The van der Waals surface area contributed by atoms with Crippen molar-refractivity contribution in [1.82, 2.24) is 0 Å². The van der Waals surface area contributed by atoms with Crippen LogP contribution >= 0.6 is 0 Å². The second-order valence-electron chi connectivity index (χ2n) is 3.09. The van der Waals surface area contributed by atoms with Crippen LogP contribution in [-0.2, 0) is 0 Å². The van der Waals surface area contributed by atoms with Crippen LogP contribution in [0.3, 0.4) is 0 Å². The van der Waals surface area contributed by atoms with Crippen LogP contribution in [0.1, 0.15) is 5.56 Å². The van der Waals surface area contributed by atoms with Gasteiger partial charge >= 0.3 is 0 Å². The van der Waals surface area contributed by atoms with E-state index in [1.54, 1.807) is 30.3 Å². The average Bonchev–Trinajstić information content (AvgIpc) is 2.17. The van der Waals surface area contributed by atoms with Gasteiger partial charge in [0.2, 0.25) is 0 Å². The summed E-state index contributed by atoms with van der Waals surface area (Å²) in [5.41, 5.74) is 5.95. The number of nitrogens with two attached hydrogens (primary N) is 1. The third-order valence-corrected chi connectivity index (χ3v) is 2.14. The minimum atomic E-state index is -0.252. The summed E-state index contributed by atoms with van der Waals surface area (Å²) >= 11 is 0. The minimum absolute atomic E-state index is 0.00355. The maximum absolute atomic E-state index is 13.2. The molecule has 2 aromatic carbocycles. The lowest BCUT2D eigenvalue weighted by atomic mass is 10.1. The van der Waals surface area contributed by atoms with Gasteiger partial charge in [0.15, 0.2) is 0 Å². The predicted octanol–water partition coefficient (Wildman–Crippen LogP) is 2.26. The lowest BCUT2D eigenvalue weighted by molar-refractivity contribution is 0.640. The van der Waals surface area contributed by atoms with Crippen molar-refractivity contribution in [2.45, 2.75) is 0 Å². The van der Waals surface area contributed by atoms with Crippen molar-refractivity contribution in [3.8, 4) is 0 Å². The van der Waals surface area contributed by atoms with Gasteiger partial charge < -0.3 is 5.73 Å². The lowest BCUT2D eigenvalue weighted by Gasteiger charge is -2.02. The Kier molecular flexibility index (Phi) is 1.93. The molecule has 2 rings (SSSR count). The zero-order valence-electron chi connectivity index (χ0n) is 7.42. The third-order valence-electron chi connectivity index (χ3n) is 2.14. The van der Waals surface area contributed by atoms with Gasteiger partial charge in [-0.3, -0.25) is 5.41 Å². The second kappa shape index (κ2) is 3.10. The summed E-state index contributed by atoms with van der Waals surface area (Å²) in [7, 11) is 0. The van der Waals surface area contributed by atoms with Crippen LogP contribution in [0.4, 0.5) is 4.39 Å². The van der Waals surface area contributed by atoms with Crippen molar-refractivity contribution < 1.29 is 4.39 Å². The molecule has 0 bridgehead atoms. The molecular weight excluding hydrogens is 179 g/mol. The summed E-state index contributed by atoms with van der Waals surface area (Å²) in [4.78, 5) is 0. The first kappa shape index (κ1) is 8.69. The highest BCUT2D eigenvalue weighted by molar-refractivity contribution is 5.99. The Morgan fingerprint density at radius 3 is 2.71 bits per heavy atom. The number of hydrogen-bond donors (Lipinski definition) is 2. The van der Waals surface area contributed by atoms with Crippen LogP contribution in [-0.4, -0.2) is 5.84 Å². The fraction of sp³-hybridized carbons (Fsp3) is 0. The quantitative estimate of drug-likeness (QED) is 0.523. The summed E-state index contributed by atoms with van der Waals surface area (Å²) in [6, 6.07) is 9.85. The Morgan fingerprint density at radius 2 is 2.00 bits per heavy atom. The van der Waals surface area contributed by atoms with Crippen LogP contribution in [0.5, 0.6) is 0 Å². The Labute approximate surface area is 80.7 Å². The van der Waals surface area contributed by atoms with E-state index in [-0.39, 0.29) is 11.7 Å². The molecule has 0 saturated heterocycles. The first-order valence-electron chi connectivity index (χ1n) is 4.21. The first-order chi connectivity index (χ1) is 6.68. The molecule has 0 aromatic heterocycles. The van der Waals surface area contributed by atoms with Gasteiger partial charge in [-0.05, 0) is 17.5 Å². The van der Waals surface area contributed by atoms with E-state index < -0.39 is 0 Å². The van der Waals surface area contributed by atoms with E-state index in [9.17, 15) is 4.39 Å². The summed E-state index contributed by atoms with van der Waals surface area (Å²) in [5, 5.41) is 8.56. The SMILES string of the molecule is N=C(N)c1ccc2c(F)cccc2c1. The summed E-state index contributed by atoms with van der Waals surface area (Å²) in [6.45, 7) is 0. The average molecular weight is 188 g/mol. The summed E-state index contributed by atoms with van der Waals surface area (Å²) in [6.07, 6.45) is 0. The molecule has 14 heavy (non-hydrogen) atoms. The molecule has 3 heteroatoms. The van der Waals surface area contributed by atoms with Gasteiger partial charge in [0, 0.05) is 10.9 Å². The Hall–Kier alpha value is -1.90. The van der Waals surface area contributed by atoms with Crippen molar-refractivity contribution in [3.63, 3.8) is 0 Å². The zero-order valence-corrected chi connectivity index (χ0v) is 7.42. The van der Waals surface area contributed by atoms with Crippen LogP contribution < -0.4 is 5.73 Å². The van der Waals surface area contributed by atoms with Crippen molar-refractivity contribution >= 4 is 16.6 Å². The number of nitrogen functional groups attached to an aromatic ring is 1. The fourth-order valence-corrected chi connectivity index (χ4v) is 1.41. The van der Waals surface area contributed by atoms with Crippen LogP contribution in [0.2, 0.25) is 0 Å². The Balaban J connectivity index is 2.73. The standard InChI is InChI=1S/C11H9FN2/c12-10-3-1-2-7-6-8(11(13)14)4-5-9(7)10/h1-6H,(H3,13,14). The largest absolute Gasteiger partial charge is 0.384 e. The van der Waals surface area contributed by atoms with Gasteiger partial charge in [0.25, 0.3) is 0 Å². The fourth-order valence-electron chi connectivity index (χ4n) is 1.41. The normalized spacial score (nSPS) is 10.4. The molecule has 0 fully saturated rings. The number of nitrogens with one attached hydrogen (secondary N) is 1. The number of fused-ring (bicyclic) bond motifs is 1. The number of hydrogen-bond acceptors (Lipinski definition) is 1. The molecule has 0 heterocycles. The maximum Gasteiger partial charge on any atom is 0.131 e. The molecule has 0 atom stereocenters. The van der Waals surface area contributed by atoms with E-state index in [1.807, 2.05) is 0 Å². The summed E-state index contributed by atoms with van der Waals surface area (Å²) in [5.74, 6) is -0.256. The van der Waals surface area contributed by atoms with E-state index in [0.29, 0.717) is 10.9 Å². The topological polar surface area (TPSA) is 49.9 Å². The van der Waals surface area contributed by atoms with Crippen molar-refractivity contribution in [1.29, 1.82) is 5.41 Å². The van der Waals surface area contributed by atoms with Crippen molar-refractivity contribution in [2.24, 2.45) is 5.73 Å². The molecule has 0 aliphatic rings. The maximum atomic E-state index is 13.2.